The van der Waals surface area contributed by atoms with Crippen LogP contribution in [0.5, 0.6) is 0 Å². The molecule has 0 bridgehead atoms. The van der Waals surface area contributed by atoms with Crippen LogP contribution in [0.15, 0.2) is 4.90 Å². The summed E-state index contributed by atoms with van der Waals surface area (Å²) in [5, 5.41) is 6.63. The van der Waals surface area contributed by atoms with E-state index in [4.69, 9.17) is 11.6 Å². The summed E-state index contributed by atoms with van der Waals surface area (Å²) in [6.07, 6.45) is 1.89. The molecule has 1 heterocycles. The summed E-state index contributed by atoms with van der Waals surface area (Å²) in [5.41, 5.74) is 0.961. The maximum absolute atomic E-state index is 12.5. The quantitative estimate of drug-likeness (QED) is 0.832. The van der Waals surface area contributed by atoms with Gasteiger partial charge in [0.15, 0.2) is 0 Å². The van der Waals surface area contributed by atoms with E-state index < -0.39 is 10.0 Å². The number of rotatable bonds is 5. The van der Waals surface area contributed by atoms with Gasteiger partial charge in [-0.1, -0.05) is 6.92 Å². The van der Waals surface area contributed by atoms with Gasteiger partial charge in [0.2, 0.25) is 10.0 Å². The van der Waals surface area contributed by atoms with E-state index in [1.54, 1.807) is 11.2 Å². The highest BCUT2D eigenvalue weighted by Crippen LogP contribution is 2.33. The van der Waals surface area contributed by atoms with Crippen LogP contribution >= 0.6 is 11.6 Å². The lowest BCUT2D eigenvalue weighted by atomic mass is 10.4. The number of hydrogen-bond donors (Lipinski definition) is 1. The lowest BCUT2D eigenvalue weighted by molar-refractivity contribution is 0.420. The summed E-state index contributed by atoms with van der Waals surface area (Å²) in [7, 11) is -3.46. The minimum atomic E-state index is -3.46. The van der Waals surface area contributed by atoms with Gasteiger partial charge in [0.05, 0.1) is 17.3 Å². The molecule has 0 atom stereocenters. The molecule has 96 valence electrons. The number of H-pyrrole nitrogens is 1. The average Bonchev–Trinajstić information content (AvgIpc) is 3.01. The van der Waals surface area contributed by atoms with E-state index in [1.807, 2.05) is 6.92 Å². The third-order valence-electron chi connectivity index (χ3n) is 2.92. The molecule has 1 aromatic heterocycles. The molecule has 1 N–H and O–H groups in total. The maximum Gasteiger partial charge on any atom is 0.247 e. The fourth-order valence-electron chi connectivity index (χ4n) is 2.01. The zero-order chi connectivity index (χ0) is 12.6. The first-order valence-corrected chi connectivity index (χ1v) is 7.61. The maximum atomic E-state index is 12.5. The number of alkyl halides is 1. The molecule has 0 saturated heterocycles. The van der Waals surface area contributed by atoms with Crippen molar-refractivity contribution >= 4 is 21.6 Å². The number of nitrogens with one attached hydrogen (secondary N) is 1. The fourth-order valence-corrected chi connectivity index (χ4v) is 4.30. The van der Waals surface area contributed by atoms with E-state index in [1.165, 1.54) is 0 Å². The van der Waals surface area contributed by atoms with E-state index in [9.17, 15) is 8.42 Å². The second kappa shape index (κ2) is 4.59. The van der Waals surface area contributed by atoms with Crippen molar-refractivity contribution in [1.82, 2.24) is 14.5 Å². The largest absolute Gasteiger partial charge is 0.281 e. The molecular weight excluding hydrogens is 262 g/mol. The van der Waals surface area contributed by atoms with Gasteiger partial charge in [-0.3, -0.25) is 5.10 Å². The molecule has 7 heteroatoms. The summed E-state index contributed by atoms with van der Waals surface area (Å²) < 4.78 is 26.6. The van der Waals surface area contributed by atoms with Gasteiger partial charge in [0, 0.05) is 12.6 Å². The number of aromatic nitrogens is 2. The molecule has 0 spiro atoms. The zero-order valence-electron chi connectivity index (χ0n) is 9.90. The summed E-state index contributed by atoms with van der Waals surface area (Å²) in [6, 6.07) is 0.155. The van der Waals surface area contributed by atoms with Gasteiger partial charge in [0.25, 0.3) is 0 Å². The lowest BCUT2D eigenvalue weighted by Crippen LogP contribution is -2.33. The summed E-state index contributed by atoms with van der Waals surface area (Å²) in [4.78, 5) is 0.251. The van der Waals surface area contributed by atoms with Crippen molar-refractivity contribution in [3.05, 3.63) is 11.4 Å². The lowest BCUT2D eigenvalue weighted by Gasteiger charge is -2.20. The van der Waals surface area contributed by atoms with Crippen molar-refractivity contribution in [2.24, 2.45) is 0 Å². The van der Waals surface area contributed by atoms with Crippen molar-refractivity contribution in [2.75, 3.05) is 6.54 Å². The molecule has 1 aliphatic rings. The number of nitrogens with zero attached hydrogens (tertiary/aromatic N) is 2. The predicted molar refractivity (Wildman–Crippen MR) is 65.5 cm³/mol. The van der Waals surface area contributed by atoms with Gasteiger partial charge in [-0.15, -0.1) is 11.6 Å². The highest BCUT2D eigenvalue weighted by Gasteiger charge is 2.39. The number of halogens is 1. The minimum Gasteiger partial charge on any atom is -0.281 e. The molecule has 2 rings (SSSR count). The van der Waals surface area contributed by atoms with E-state index in [-0.39, 0.29) is 16.8 Å². The second-order valence-electron chi connectivity index (χ2n) is 4.20. The van der Waals surface area contributed by atoms with Crippen molar-refractivity contribution in [3.63, 3.8) is 0 Å². The molecule has 1 fully saturated rings. The van der Waals surface area contributed by atoms with Crippen LogP contribution in [0.25, 0.3) is 0 Å². The van der Waals surface area contributed by atoms with Crippen LogP contribution in [0.4, 0.5) is 0 Å². The van der Waals surface area contributed by atoms with E-state index in [0.29, 0.717) is 17.9 Å². The summed E-state index contributed by atoms with van der Waals surface area (Å²) in [5.74, 6) is 0.0983. The average molecular weight is 278 g/mol. The van der Waals surface area contributed by atoms with Crippen molar-refractivity contribution in [1.29, 1.82) is 0 Å². The molecule has 0 aliphatic heterocycles. The molecular formula is C10H16ClN3O2S. The molecule has 1 aromatic rings. The van der Waals surface area contributed by atoms with Gasteiger partial charge < -0.3 is 0 Å². The SMILES string of the molecule is CCN(C1CC1)S(=O)(=O)c1c(CCl)n[nH]c1C. The topological polar surface area (TPSA) is 66.1 Å². The Labute approximate surface area is 106 Å². The van der Waals surface area contributed by atoms with Crippen LogP contribution in [0.3, 0.4) is 0 Å². The molecule has 1 aliphatic carbocycles. The fraction of sp³-hybridized carbons (Fsp3) is 0.700. The first kappa shape index (κ1) is 12.9. The smallest absolute Gasteiger partial charge is 0.247 e. The van der Waals surface area contributed by atoms with Gasteiger partial charge in [-0.05, 0) is 19.8 Å². The van der Waals surface area contributed by atoms with Crippen molar-refractivity contribution < 1.29 is 8.42 Å². The Balaban J connectivity index is 2.46. The predicted octanol–water partition coefficient (Wildman–Crippen LogP) is 1.63. The van der Waals surface area contributed by atoms with E-state index in [2.05, 4.69) is 10.2 Å². The highest BCUT2D eigenvalue weighted by atomic mass is 35.5. The number of sulfonamides is 1. The normalized spacial score (nSPS) is 16.7. The Bertz CT molecular complexity index is 508. The van der Waals surface area contributed by atoms with Crippen LogP contribution in [0.2, 0.25) is 0 Å². The number of hydrogen-bond acceptors (Lipinski definition) is 3. The Morgan fingerprint density at radius 1 is 1.53 bits per heavy atom. The van der Waals surface area contributed by atoms with Crippen LogP contribution in [-0.2, 0) is 15.9 Å². The van der Waals surface area contributed by atoms with Crippen molar-refractivity contribution in [2.45, 2.75) is 43.5 Å². The molecule has 5 nitrogen and oxygen atoms in total. The Kier molecular flexibility index (Phi) is 3.47. The number of aromatic amines is 1. The third-order valence-corrected chi connectivity index (χ3v) is 5.41. The van der Waals surface area contributed by atoms with Gasteiger partial charge in [0.1, 0.15) is 4.90 Å². The third kappa shape index (κ3) is 2.21. The molecule has 0 amide bonds. The van der Waals surface area contributed by atoms with Crippen molar-refractivity contribution in [3.8, 4) is 0 Å². The highest BCUT2D eigenvalue weighted by molar-refractivity contribution is 7.89. The first-order valence-electron chi connectivity index (χ1n) is 5.64. The van der Waals surface area contributed by atoms with Gasteiger partial charge in [-0.2, -0.15) is 9.40 Å². The minimum absolute atomic E-state index is 0.0983. The van der Waals surface area contributed by atoms with E-state index in [0.717, 1.165) is 12.8 Å². The zero-order valence-corrected chi connectivity index (χ0v) is 11.5. The molecule has 0 radical (unpaired) electrons. The Morgan fingerprint density at radius 2 is 2.18 bits per heavy atom. The Hall–Kier alpha value is -0.590. The standard InChI is InChI=1S/C10H16ClN3O2S/c1-3-14(8-4-5-8)17(15,16)10-7(2)12-13-9(10)6-11/h8H,3-6H2,1-2H3,(H,12,13). The van der Waals surface area contributed by atoms with Gasteiger partial charge >= 0.3 is 0 Å². The van der Waals surface area contributed by atoms with Crippen LogP contribution in [-0.4, -0.2) is 35.5 Å². The first-order chi connectivity index (χ1) is 8.02. The van der Waals surface area contributed by atoms with Crippen LogP contribution < -0.4 is 0 Å². The van der Waals surface area contributed by atoms with Crippen LogP contribution in [0, 0.1) is 6.92 Å². The second-order valence-corrected chi connectivity index (χ2v) is 6.29. The number of aryl methyl sites for hydroxylation is 1. The molecule has 0 aromatic carbocycles. The summed E-state index contributed by atoms with van der Waals surface area (Å²) >= 11 is 5.73. The molecule has 17 heavy (non-hydrogen) atoms. The Morgan fingerprint density at radius 3 is 2.65 bits per heavy atom. The molecule has 0 unspecified atom stereocenters. The molecule has 1 saturated carbocycles. The van der Waals surface area contributed by atoms with Gasteiger partial charge in [-0.25, -0.2) is 8.42 Å². The summed E-state index contributed by atoms with van der Waals surface area (Å²) in [6.45, 7) is 4.04. The van der Waals surface area contributed by atoms with E-state index >= 15 is 0 Å². The monoisotopic (exact) mass is 277 g/mol. The van der Waals surface area contributed by atoms with Crippen LogP contribution in [0.1, 0.15) is 31.2 Å².